The van der Waals surface area contributed by atoms with E-state index < -0.39 is 5.95 Å². The van der Waals surface area contributed by atoms with Crippen molar-refractivity contribution in [3.05, 3.63) is 64.8 Å². The molecule has 4 rings (SSSR count). The predicted molar refractivity (Wildman–Crippen MR) is 74.5 cm³/mol. The van der Waals surface area contributed by atoms with Gasteiger partial charge in [-0.25, -0.2) is 4.98 Å². The normalized spacial score (nSPS) is 21.3. The molecular weight excluding hydrogens is 277 g/mol. The van der Waals surface area contributed by atoms with Crippen LogP contribution in [-0.4, -0.2) is 14.6 Å². The topological polar surface area (TPSA) is 30.2 Å². The first-order valence-electron chi connectivity index (χ1n) is 6.48. The van der Waals surface area contributed by atoms with Crippen molar-refractivity contribution in [3.8, 4) is 0 Å². The molecule has 3 aromatic rings. The first kappa shape index (κ1) is 11.9. The quantitative estimate of drug-likeness (QED) is 0.718. The largest absolute Gasteiger partial charge is 0.234 e. The predicted octanol–water partition coefficient (Wildman–Crippen LogP) is 3.79. The molecule has 0 amide bonds. The maximum absolute atomic E-state index is 13.6. The van der Waals surface area contributed by atoms with Gasteiger partial charge in [0.15, 0.2) is 10.8 Å². The summed E-state index contributed by atoms with van der Waals surface area (Å²) in [5.41, 5.74) is 2.84. The average Bonchev–Trinajstić information content (AvgIpc) is 3.18. The smallest absolute Gasteiger partial charge is 0.232 e. The standard InChI is InChI=1S/C15H11ClFN3/c16-13-7-12(15-18-8-14(17)20(15)19-13)11-6-10(11)9-4-2-1-3-5-9/h1-5,7-8,10-11H,6H2/t10?,11-/m0/s1. The molecule has 2 heterocycles. The Morgan fingerprint density at radius 2 is 2.00 bits per heavy atom. The number of rotatable bonds is 2. The van der Waals surface area contributed by atoms with Crippen molar-refractivity contribution in [2.75, 3.05) is 0 Å². The molecule has 1 unspecified atom stereocenters. The number of hydrogen-bond acceptors (Lipinski definition) is 2. The van der Waals surface area contributed by atoms with Gasteiger partial charge >= 0.3 is 0 Å². The van der Waals surface area contributed by atoms with Crippen LogP contribution in [0.2, 0.25) is 5.15 Å². The molecule has 1 aromatic carbocycles. The van der Waals surface area contributed by atoms with Gasteiger partial charge in [-0.2, -0.15) is 14.0 Å². The van der Waals surface area contributed by atoms with Crippen molar-refractivity contribution in [2.45, 2.75) is 18.3 Å². The lowest BCUT2D eigenvalue weighted by Crippen LogP contribution is -1.99. The minimum Gasteiger partial charge on any atom is -0.232 e. The molecule has 20 heavy (non-hydrogen) atoms. The molecule has 100 valence electrons. The van der Waals surface area contributed by atoms with Gasteiger partial charge in [0.05, 0.1) is 6.20 Å². The van der Waals surface area contributed by atoms with Crippen molar-refractivity contribution in [1.29, 1.82) is 0 Å². The summed E-state index contributed by atoms with van der Waals surface area (Å²) in [6, 6.07) is 12.1. The van der Waals surface area contributed by atoms with Crippen LogP contribution in [0.25, 0.3) is 5.65 Å². The first-order chi connectivity index (χ1) is 9.74. The number of hydrogen-bond donors (Lipinski definition) is 0. The highest BCUT2D eigenvalue weighted by Crippen LogP contribution is 2.55. The summed E-state index contributed by atoms with van der Waals surface area (Å²) in [6.45, 7) is 0. The van der Waals surface area contributed by atoms with Crippen LogP contribution >= 0.6 is 11.6 Å². The second-order valence-electron chi connectivity index (χ2n) is 5.10. The molecular formula is C15H11ClFN3. The molecule has 1 fully saturated rings. The molecule has 0 aliphatic heterocycles. The monoisotopic (exact) mass is 287 g/mol. The Hall–Kier alpha value is -1.94. The zero-order chi connectivity index (χ0) is 13.7. The van der Waals surface area contributed by atoms with Crippen LogP contribution in [0.1, 0.15) is 29.4 Å². The molecule has 0 radical (unpaired) electrons. The van der Waals surface area contributed by atoms with Crippen LogP contribution in [0.4, 0.5) is 4.39 Å². The molecule has 2 aromatic heterocycles. The van der Waals surface area contributed by atoms with E-state index in [1.54, 1.807) is 6.07 Å². The van der Waals surface area contributed by atoms with Gasteiger partial charge in [0.1, 0.15) is 0 Å². The zero-order valence-electron chi connectivity index (χ0n) is 10.5. The Labute approximate surface area is 120 Å². The lowest BCUT2D eigenvalue weighted by atomic mass is 10.1. The van der Waals surface area contributed by atoms with E-state index >= 15 is 0 Å². The SMILES string of the molecule is Fc1cnc2c([C@H]3CC3c3ccccc3)cc(Cl)nn12. The molecule has 1 saturated carbocycles. The molecule has 0 bridgehead atoms. The third-order valence-electron chi connectivity index (χ3n) is 3.84. The fourth-order valence-electron chi connectivity index (χ4n) is 2.81. The molecule has 1 aliphatic carbocycles. The maximum atomic E-state index is 13.6. The summed E-state index contributed by atoms with van der Waals surface area (Å²) in [5, 5.41) is 4.24. The van der Waals surface area contributed by atoms with E-state index in [0.29, 0.717) is 22.6 Å². The van der Waals surface area contributed by atoms with E-state index in [1.807, 2.05) is 18.2 Å². The maximum Gasteiger partial charge on any atom is 0.234 e. The van der Waals surface area contributed by atoms with Crippen molar-refractivity contribution in [1.82, 2.24) is 14.6 Å². The third kappa shape index (κ3) is 1.79. The van der Waals surface area contributed by atoms with E-state index in [0.717, 1.165) is 12.0 Å². The van der Waals surface area contributed by atoms with Crippen molar-refractivity contribution < 1.29 is 4.39 Å². The number of benzene rings is 1. The van der Waals surface area contributed by atoms with Gasteiger partial charge in [0, 0.05) is 5.56 Å². The van der Waals surface area contributed by atoms with Gasteiger partial charge in [0.2, 0.25) is 5.95 Å². The molecule has 5 heteroatoms. The highest BCUT2D eigenvalue weighted by atomic mass is 35.5. The van der Waals surface area contributed by atoms with Gasteiger partial charge in [-0.05, 0) is 29.9 Å². The summed E-state index contributed by atoms with van der Waals surface area (Å²) < 4.78 is 14.8. The van der Waals surface area contributed by atoms with Gasteiger partial charge in [-0.3, -0.25) is 0 Å². The van der Waals surface area contributed by atoms with E-state index in [-0.39, 0.29) is 0 Å². The van der Waals surface area contributed by atoms with Gasteiger partial charge in [-0.15, -0.1) is 0 Å². The summed E-state index contributed by atoms with van der Waals surface area (Å²) in [7, 11) is 0. The Kier molecular flexibility index (Phi) is 2.54. The van der Waals surface area contributed by atoms with E-state index in [9.17, 15) is 4.39 Å². The van der Waals surface area contributed by atoms with Crippen LogP contribution in [0.3, 0.4) is 0 Å². The molecule has 0 N–H and O–H groups in total. The molecule has 3 nitrogen and oxygen atoms in total. The van der Waals surface area contributed by atoms with Crippen LogP contribution in [-0.2, 0) is 0 Å². The Bertz CT molecular complexity index is 784. The van der Waals surface area contributed by atoms with Crippen molar-refractivity contribution >= 4 is 17.2 Å². The fourth-order valence-corrected chi connectivity index (χ4v) is 3.01. The zero-order valence-corrected chi connectivity index (χ0v) is 11.3. The molecule has 2 atom stereocenters. The third-order valence-corrected chi connectivity index (χ3v) is 4.03. The number of fused-ring (bicyclic) bond motifs is 1. The van der Waals surface area contributed by atoms with Crippen LogP contribution in [0.15, 0.2) is 42.6 Å². The highest BCUT2D eigenvalue weighted by molar-refractivity contribution is 6.29. The number of imidazole rings is 1. The van der Waals surface area contributed by atoms with E-state index in [2.05, 4.69) is 22.2 Å². The average molecular weight is 288 g/mol. The van der Waals surface area contributed by atoms with Crippen LogP contribution < -0.4 is 0 Å². The minimum atomic E-state index is -0.485. The molecule has 1 aliphatic rings. The summed E-state index contributed by atoms with van der Waals surface area (Å²) in [4.78, 5) is 4.12. The summed E-state index contributed by atoms with van der Waals surface area (Å²) in [6.07, 6.45) is 2.22. The van der Waals surface area contributed by atoms with Crippen LogP contribution in [0, 0.1) is 5.95 Å². The Morgan fingerprint density at radius 1 is 1.20 bits per heavy atom. The number of aromatic nitrogens is 3. The second kappa shape index (κ2) is 4.28. The van der Waals surface area contributed by atoms with Gasteiger partial charge in [0.25, 0.3) is 0 Å². The lowest BCUT2D eigenvalue weighted by Gasteiger charge is -2.04. The number of halogens is 2. The van der Waals surface area contributed by atoms with Crippen LogP contribution in [0.5, 0.6) is 0 Å². The lowest BCUT2D eigenvalue weighted by molar-refractivity contribution is 0.548. The number of nitrogens with zero attached hydrogens (tertiary/aromatic N) is 3. The first-order valence-corrected chi connectivity index (χ1v) is 6.86. The van der Waals surface area contributed by atoms with Crippen molar-refractivity contribution in [2.24, 2.45) is 0 Å². The van der Waals surface area contributed by atoms with E-state index in [4.69, 9.17) is 11.6 Å². The van der Waals surface area contributed by atoms with Gasteiger partial charge in [-0.1, -0.05) is 41.9 Å². The summed E-state index contributed by atoms with van der Waals surface area (Å²) >= 11 is 5.99. The fraction of sp³-hybridized carbons (Fsp3) is 0.200. The van der Waals surface area contributed by atoms with Crippen molar-refractivity contribution in [3.63, 3.8) is 0 Å². The highest BCUT2D eigenvalue weighted by Gasteiger charge is 2.41. The van der Waals surface area contributed by atoms with Gasteiger partial charge < -0.3 is 0 Å². The minimum absolute atomic E-state index is 0.295. The second-order valence-corrected chi connectivity index (χ2v) is 5.49. The molecule has 0 spiro atoms. The molecule has 0 saturated heterocycles. The van der Waals surface area contributed by atoms with E-state index in [1.165, 1.54) is 16.3 Å². The Balaban J connectivity index is 1.77. The summed E-state index contributed by atoms with van der Waals surface area (Å²) in [5.74, 6) is 0.307. The Morgan fingerprint density at radius 3 is 2.80 bits per heavy atom.